The van der Waals surface area contributed by atoms with Crippen molar-refractivity contribution >= 4 is 17.6 Å². The molecule has 0 amide bonds. The Balaban J connectivity index is 2.15. The summed E-state index contributed by atoms with van der Waals surface area (Å²) in [6, 6.07) is 3.48. The molecule has 7 nitrogen and oxygen atoms in total. The van der Waals surface area contributed by atoms with Crippen molar-refractivity contribution in [2.24, 2.45) is 0 Å². The van der Waals surface area contributed by atoms with Crippen molar-refractivity contribution in [3.8, 4) is 11.8 Å². The molecule has 0 saturated carbocycles. The van der Waals surface area contributed by atoms with Gasteiger partial charge in [-0.3, -0.25) is 10.1 Å². The number of ether oxygens (including phenoxy) is 2. The first-order chi connectivity index (χ1) is 13.1. The van der Waals surface area contributed by atoms with E-state index in [0.717, 1.165) is 44.6 Å². The van der Waals surface area contributed by atoms with Crippen LogP contribution in [0.4, 0.5) is 5.69 Å². The number of nitrogens with zero attached hydrogens (tertiary/aromatic N) is 1. The maximum atomic E-state index is 12.3. The number of rotatable bonds is 1. The lowest BCUT2D eigenvalue weighted by Crippen LogP contribution is -2.15. The summed E-state index contributed by atoms with van der Waals surface area (Å²) in [5.41, 5.74) is -0.432. The van der Waals surface area contributed by atoms with Crippen molar-refractivity contribution in [1.82, 2.24) is 0 Å². The van der Waals surface area contributed by atoms with Gasteiger partial charge in [-0.2, -0.15) is 0 Å². The average Bonchev–Trinajstić information content (AvgIpc) is 2.66. The monoisotopic (exact) mass is 373 g/mol. The Morgan fingerprint density at radius 1 is 0.815 bits per heavy atom. The van der Waals surface area contributed by atoms with Gasteiger partial charge in [0.2, 0.25) is 0 Å². The first-order valence-electron chi connectivity index (χ1n) is 9.18. The molecule has 0 saturated heterocycles. The molecule has 0 atom stereocenters. The zero-order chi connectivity index (χ0) is 19.5. The van der Waals surface area contributed by atoms with Crippen molar-refractivity contribution in [2.75, 3.05) is 13.2 Å². The normalized spacial score (nSPS) is 17.2. The number of carbonyl (C=O) groups is 2. The van der Waals surface area contributed by atoms with Crippen LogP contribution < -0.4 is 0 Å². The van der Waals surface area contributed by atoms with Crippen LogP contribution >= 0.6 is 0 Å². The molecule has 7 heteroatoms. The molecule has 1 heterocycles. The van der Waals surface area contributed by atoms with E-state index < -0.39 is 16.9 Å². The van der Waals surface area contributed by atoms with Gasteiger partial charge in [-0.1, -0.05) is 0 Å². The number of nitro benzene ring substituents is 1. The molecule has 0 fully saturated rings. The van der Waals surface area contributed by atoms with Gasteiger partial charge in [-0.25, -0.2) is 9.59 Å². The number of hydrogen-bond donors (Lipinski definition) is 0. The van der Waals surface area contributed by atoms with Gasteiger partial charge < -0.3 is 9.47 Å². The zero-order valence-electron chi connectivity index (χ0n) is 15.2. The van der Waals surface area contributed by atoms with Crippen molar-refractivity contribution in [3.05, 3.63) is 39.4 Å². The van der Waals surface area contributed by atoms with Crippen LogP contribution in [-0.4, -0.2) is 30.1 Å². The molecule has 0 bridgehead atoms. The number of hydrogen-bond acceptors (Lipinski definition) is 6. The predicted molar refractivity (Wildman–Crippen MR) is 98.4 cm³/mol. The molecule has 0 aliphatic carbocycles. The Bertz CT molecular complexity index is 747. The van der Waals surface area contributed by atoms with Gasteiger partial charge in [0, 0.05) is 25.0 Å². The second-order valence-corrected chi connectivity index (χ2v) is 6.23. The quantitative estimate of drug-likeness (QED) is 0.319. The lowest BCUT2D eigenvalue weighted by Gasteiger charge is -2.10. The lowest BCUT2D eigenvalue weighted by molar-refractivity contribution is -0.384. The van der Waals surface area contributed by atoms with Crippen LogP contribution in [0.3, 0.4) is 0 Å². The van der Waals surface area contributed by atoms with E-state index in [-0.39, 0.29) is 30.0 Å². The lowest BCUT2D eigenvalue weighted by atomic mass is 10.1. The van der Waals surface area contributed by atoms with Crippen LogP contribution in [0.1, 0.15) is 72.1 Å². The highest BCUT2D eigenvalue weighted by molar-refractivity contribution is 6.03. The van der Waals surface area contributed by atoms with Crippen molar-refractivity contribution in [1.29, 1.82) is 0 Å². The van der Waals surface area contributed by atoms with Crippen LogP contribution in [0.15, 0.2) is 18.2 Å². The SMILES string of the molecule is O=C1OCCCCCC#CCCCCCOC(=O)c2cc([N+](=O)[O-])ccc21. The number of fused-ring (bicyclic) bond motifs is 1. The predicted octanol–water partition coefficient (Wildman–Crippen LogP) is 4.05. The molecule has 0 spiro atoms. The number of carbonyl (C=O) groups excluding carboxylic acids is 2. The molecule has 0 aromatic heterocycles. The summed E-state index contributed by atoms with van der Waals surface area (Å²) in [5.74, 6) is 4.82. The standard InChI is InChI=1S/C20H23NO6/c22-19-17-12-11-16(21(24)25)15-18(17)20(23)27-14-10-8-6-4-2-1-3-5-7-9-13-26-19/h11-12,15H,3-10,13-14H2. The minimum Gasteiger partial charge on any atom is -0.462 e. The second kappa shape index (κ2) is 11.0. The van der Waals surface area contributed by atoms with Crippen LogP contribution in [0, 0.1) is 22.0 Å². The van der Waals surface area contributed by atoms with Crippen LogP contribution in [-0.2, 0) is 9.47 Å². The maximum Gasteiger partial charge on any atom is 0.339 e. The van der Waals surface area contributed by atoms with E-state index in [9.17, 15) is 19.7 Å². The third kappa shape index (κ3) is 6.74. The third-order valence-electron chi connectivity index (χ3n) is 4.14. The fraction of sp³-hybridized carbons (Fsp3) is 0.500. The van der Waals surface area contributed by atoms with E-state index in [1.165, 1.54) is 12.1 Å². The number of nitro groups is 1. The van der Waals surface area contributed by atoms with Gasteiger partial charge in [0.15, 0.2) is 0 Å². The van der Waals surface area contributed by atoms with Gasteiger partial charge in [0.1, 0.15) is 0 Å². The molecular weight excluding hydrogens is 350 g/mol. The topological polar surface area (TPSA) is 95.7 Å². The highest BCUT2D eigenvalue weighted by Gasteiger charge is 2.23. The first-order valence-corrected chi connectivity index (χ1v) is 9.18. The minimum atomic E-state index is -0.758. The Labute approximate surface area is 158 Å². The summed E-state index contributed by atoms with van der Waals surface area (Å²) in [5, 5.41) is 11.0. The molecule has 144 valence electrons. The zero-order valence-corrected chi connectivity index (χ0v) is 15.2. The molecule has 0 unspecified atom stereocenters. The maximum absolute atomic E-state index is 12.3. The minimum absolute atomic E-state index is 0.0161. The van der Waals surface area contributed by atoms with E-state index >= 15 is 0 Å². The number of esters is 2. The highest BCUT2D eigenvalue weighted by Crippen LogP contribution is 2.20. The fourth-order valence-electron chi connectivity index (χ4n) is 2.64. The van der Waals surface area contributed by atoms with Crippen molar-refractivity contribution in [2.45, 2.75) is 51.4 Å². The van der Waals surface area contributed by atoms with Gasteiger partial charge in [0.25, 0.3) is 5.69 Å². The first kappa shape index (κ1) is 20.4. The summed E-state index contributed by atoms with van der Waals surface area (Å²) in [6.07, 6.45) is 6.64. The van der Waals surface area contributed by atoms with Gasteiger partial charge in [-0.15, -0.1) is 11.8 Å². The van der Waals surface area contributed by atoms with Gasteiger partial charge >= 0.3 is 11.9 Å². The Morgan fingerprint density at radius 2 is 1.37 bits per heavy atom. The molecule has 1 aromatic rings. The van der Waals surface area contributed by atoms with Crippen molar-refractivity contribution < 1.29 is 24.0 Å². The van der Waals surface area contributed by atoms with Crippen LogP contribution in [0.2, 0.25) is 0 Å². The third-order valence-corrected chi connectivity index (χ3v) is 4.14. The second-order valence-electron chi connectivity index (χ2n) is 6.23. The molecule has 1 aromatic carbocycles. The summed E-state index contributed by atoms with van der Waals surface area (Å²) < 4.78 is 10.4. The summed E-state index contributed by atoms with van der Waals surface area (Å²) in [7, 11) is 0. The number of cyclic esters (lactones) is 2. The largest absolute Gasteiger partial charge is 0.462 e. The summed E-state index contributed by atoms with van der Waals surface area (Å²) in [6.45, 7) is 0.404. The van der Waals surface area contributed by atoms with Crippen LogP contribution in [0.5, 0.6) is 0 Å². The van der Waals surface area contributed by atoms with E-state index in [4.69, 9.17) is 9.47 Å². The molecular formula is C20H23NO6. The molecule has 0 radical (unpaired) electrons. The Hall–Kier alpha value is -2.88. The number of benzene rings is 1. The Morgan fingerprint density at radius 3 is 1.93 bits per heavy atom. The van der Waals surface area contributed by atoms with E-state index in [2.05, 4.69) is 11.8 Å². The van der Waals surface area contributed by atoms with E-state index in [1.54, 1.807) is 0 Å². The molecule has 1 aliphatic rings. The Kier molecular flexibility index (Phi) is 8.30. The highest BCUT2D eigenvalue weighted by atomic mass is 16.6. The van der Waals surface area contributed by atoms with E-state index in [1.807, 2.05) is 0 Å². The average molecular weight is 373 g/mol. The van der Waals surface area contributed by atoms with Crippen LogP contribution in [0.25, 0.3) is 0 Å². The molecule has 0 N–H and O–H groups in total. The molecule has 27 heavy (non-hydrogen) atoms. The smallest absolute Gasteiger partial charge is 0.339 e. The summed E-state index contributed by atoms with van der Waals surface area (Å²) >= 11 is 0. The van der Waals surface area contributed by atoms with Gasteiger partial charge in [0.05, 0.1) is 29.3 Å². The van der Waals surface area contributed by atoms with E-state index in [0.29, 0.717) is 12.8 Å². The van der Waals surface area contributed by atoms with Gasteiger partial charge in [-0.05, 0) is 44.6 Å². The molecule has 1 aliphatic heterocycles. The summed E-state index contributed by atoms with van der Waals surface area (Å²) in [4.78, 5) is 35.0. The van der Waals surface area contributed by atoms with Crippen molar-refractivity contribution in [3.63, 3.8) is 0 Å². The molecule has 2 rings (SSSR count). The number of non-ortho nitro benzene ring substituents is 1. The fourth-order valence-corrected chi connectivity index (χ4v) is 2.64.